The van der Waals surface area contributed by atoms with Gasteiger partial charge in [0.05, 0.1) is 25.7 Å². The predicted octanol–water partition coefficient (Wildman–Crippen LogP) is 3.37. The van der Waals surface area contributed by atoms with Gasteiger partial charge in [-0.1, -0.05) is 51.1 Å². The van der Waals surface area contributed by atoms with E-state index in [0.29, 0.717) is 19.8 Å². The lowest BCUT2D eigenvalue weighted by atomic mass is 9.98. The van der Waals surface area contributed by atoms with Gasteiger partial charge >= 0.3 is 5.97 Å². The monoisotopic (exact) mass is 363 g/mol. The predicted molar refractivity (Wildman–Crippen MR) is 98.2 cm³/mol. The molecule has 5 nitrogen and oxygen atoms in total. The van der Waals surface area contributed by atoms with Crippen molar-refractivity contribution in [1.29, 1.82) is 0 Å². The summed E-state index contributed by atoms with van der Waals surface area (Å²) < 4.78 is 11.7. The molecule has 3 unspecified atom stereocenters. The average molecular weight is 364 g/mol. The van der Waals surface area contributed by atoms with Crippen LogP contribution in [-0.4, -0.2) is 44.7 Å². The van der Waals surface area contributed by atoms with Crippen LogP contribution in [0, 0.1) is 5.92 Å². The van der Waals surface area contributed by atoms with Crippen LogP contribution < -0.4 is 0 Å². The lowest BCUT2D eigenvalue weighted by molar-refractivity contribution is -0.192. The van der Waals surface area contributed by atoms with Crippen LogP contribution >= 0.6 is 0 Å². The van der Waals surface area contributed by atoms with Gasteiger partial charge in [0.25, 0.3) is 0 Å². The molecule has 0 amide bonds. The SMILES string of the molecule is CC(C)(C)[Si](C)(C)OCC1ON(Cc2ccccc2)C2C(=O)OCC12. The molecule has 2 aliphatic rings. The lowest BCUT2D eigenvalue weighted by Gasteiger charge is -2.37. The number of hydrogen-bond donors (Lipinski definition) is 0. The number of nitrogens with zero attached hydrogens (tertiary/aromatic N) is 1. The van der Waals surface area contributed by atoms with Crippen molar-refractivity contribution in [3.63, 3.8) is 0 Å². The second-order valence-corrected chi connectivity index (χ2v) is 13.3. The highest BCUT2D eigenvalue weighted by atomic mass is 28.4. The molecular formula is C19H29NO4Si. The number of carbonyl (C=O) groups is 1. The molecule has 0 aliphatic carbocycles. The number of cyclic esters (lactones) is 1. The Balaban J connectivity index is 1.69. The van der Waals surface area contributed by atoms with Gasteiger partial charge in [0.2, 0.25) is 0 Å². The second-order valence-electron chi connectivity index (χ2n) is 8.51. The van der Waals surface area contributed by atoms with Gasteiger partial charge in [-0.3, -0.25) is 9.63 Å². The highest BCUT2D eigenvalue weighted by molar-refractivity contribution is 6.74. The van der Waals surface area contributed by atoms with Gasteiger partial charge < -0.3 is 9.16 Å². The Bertz CT molecular complexity index is 614. The lowest BCUT2D eigenvalue weighted by Crippen LogP contribution is -2.43. The average Bonchev–Trinajstić information content (AvgIpc) is 3.07. The fraction of sp³-hybridized carbons (Fsp3) is 0.632. The molecule has 2 fully saturated rings. The van der Waals surface area contributed by atoms with Crippen LogP contribution in [-0.2, 0) is 25.3 Å². The van der Waals surface area contributed by atoms with Crippen molar-refractivity contribution in [2.24, 2.45) is 5.92 Å². The maximum Gasteiger partial charge on any atom is 0.326 e. The molecule has 2 heterocycles. The van der Waals surface area contributed by atoms with E-state index < -0.39 is 8.32 Å². The summed E-state index contributed by atoms with van der Waals surface area (Å²) in [6.07, 6.45) is -0.130. The number of fused-ring (bicyclic) bond motifs is 1. The third kappa shape index (κ3) is 3.82. The molecule has 3 atom stereocenters. The van der Waals surface area contributed by atoms with Crippen LogP contribution in [0.3, 0.4) is 0 Å². The molecule has 0 spiro atoms. The molecular weight excluding hydrogens is 334 g/mol. The van der Waals surface area contributed by atoms with Crippen molar-refractivity contribution < 1.29 is 18.8 Å². The van der Waals surface area contributed by atoms with Crippen molar-refractivity contribution in [1.82, 2.24) is 5.06 Å². The minimum Gasteiger partial charge on any atom is -0.464 e. The van der Waals surface area contributed by atoms with Gasteiger partial charge in [-0.15, -0.1) is 0 Å². The van der Waals surface area contributed by atoms with Crippen LogP contribution in [0.4, 0.5) is 0 Å². The Hall–Kier alpha value is -1.21. The molecule has 0 aromatic heterocycles. The molecule has 0 N–H and O–H groups in total. The summed E-state index contributed by atoms with van der Waals surface area (Å²) in [7, 11) is -1.85. The first-order chi connectivity index (χ1) is 11.7. The van der Waals surface area contributed by atoms with Crippen LogP contribution in [0.25, 0.3) is 0 Å². The van der Waals surface area contributed by atoms with Gasteiger partial charge in [-0.25, -0.2) is 0 Å². The van der Waals surface area contributed by atoms with E-state index in [-0.39, 0.29) is 29.1 Å². The summed E-state index contributed by atoms with van der Waals surface area (Å²) in [4.78, 5) is 18.3. The van der Waals surface area contributed by atoms with E-state index in [1.807, 2.05) is 30.3 Å². The molecule has 1 aromatic rings. The number of ether oxygens (including phenoxy) is 1. The van der Waals surface area contributed by atoms with E-state index in [1.165, 1.54) is 0 Å². The zero-order chi connectivity index (χ0) is 18.2. The number of benzene rings is 1. The molecule has 25 heavy (non-hydrogen) atoms. The van der Waals surface area contributed by atoms with Crippen molar-refractivity contribution in [2.75, 3.05) is 13.2 Å². The first-order valence-electron chi connectivity index (χ1n) is 8.97. The number of hydroxylamine groups is 2. The summed E-state index contributed by atoms with van der Waals surface area (Å²) in [6.45, 7) is 12.6. The molecule has 0 saturated carbocycles. The molecule has 2 aliphatic heterocycles. The Morgan fingerprint density at radius 1 is 1.24 bits per heavy atom. The first kappa shape index (κ1) is 18.6. The fourth-order valence-electron chi connectivity index (χ4n) is 3.05. The molecule has 0 radical (unpaired) electrons. The topological polar surface area (TPSA) is 48.0 Å². The largest absolute Gasteiger partial charge is 0.464 e. The molecule has 3 rings (SSSR count). The zero-order valence-corrected chi connectivity index (χ0v) is 16.8. The maximum absolute atomic E-state index is 12.2. The third-order valence-electron chi connectivity index (χ3n) is 5.72. The van der Waals surface area contributed by atoms with Crippen LogP contribution in [0.15, 0.2) is 30.3 Å². The summed E-state index contributed by atoms with van der Waals surface area (Å²) in [6, 6.07) is 9.72. The van der Waals surface area contributed by atoms with Gasteiger partial charge in [0, 0.05) is 0 Å². The Labute approximate surface area is 151 Å². The molecule has 0 bridgehead atoms. The van der Waals surface area contributed by atoms with Crippen molar-refractivity contribution in [3.05, 3.63) is 35.9 Å². The molecule has 138 valence electrons. The van der Waals surface area contributed by atoms with E-state index >= 15 is 0 Å². The molecule has 2 saturated heterocycles. The summed E-state index contributed by atoms with van der Waals surface area (Å²) in [5.74, 6) is -0.142. The van der Waals surface area contributed by atoms with Crippen molar-refractivity contribution in [3.8, 4) is 0 Å². The number of rotatable bonds is 5. The Morgan fingerprint density at radius 2 is 1.92 bits per heavy atom. The van der Waals surface area contributed by atoms with E-state index in [9.17, 15) is 4.79 Å². The van der Waals surface area contributed by atoms with Gasteiger partial charge in [-0.2, -0.15) is 5.06 Å². The minimum absolute atomic E-state index is 0.0426. The van der Waals surface area contributed by atoms with Crippen molar-refractivity contribution in [2.45, 2.75) is 57.6 Å². The third-order valence-corrected chi connectivity index (χ3v) is 10.2. The summed E-state index contributed by atoms with van der Waals surface area (Å²) in [5, 5.41) is 1.94. The molecule has 1 aromatic carbocycles. The minimum atomic E-state index is -1.85. The Morgan fingerprint density at radius 3 is 2.56 bits per heavy atom. The van der Waals surface area contributed by atoms with Crippen LogP contribution in [0.2, 0.25) is 18.1 Å². The first-order valence-corrected chi connectivity index (χ1v) is 11.9. The summed E-state index contributed by atoms with van der Waals surface area (Å²) in [5.41, 5.74) is 1.12. The van der Waals surface area contributed by atoms with E-state index in [1.54, 1.807) is 5.06 Å². The van der Waals surface area contributed by atoms with Crippen LogP contribution in [0.1, 0.15) is 26.3 Å². The van der Waals surface area contributed by atoms with Crippen molar-refractivity contribution >= 4 is 14.3 Å². The normalized spacial score (nSPS) is 27.4. The van der Waals surface area contributed by atoms with Gasteiger partial charge in [0.1, 0.15) is 12.1 Å². The zero-order valence-electron chi connectivity index (χ0n) is 15.8. The van der Waals surface area contributed by atoms with Gasteiger partial charge in [-0.05, 0) is 23.7 Å². The fourth-order valence-corrected chi connectivity index (χ4v) is 4.06. The maximum atomic E-state index is 12.2. The quantitative estimate of drug-likeness (QED) is 0.593. The standard InChI is InChI=1S/C19H29NO4Si/c1-19(2,3)25(4,5)23-13-16-15-12-22-18(21)17(15)20(24-16)11-14-9-7-6-8-10-14/h6-10,15-17H,11-13H2,1-5H3. The second kappa shape index (κ2) is 6.83. The highest BCUT2D eigenvalue weighted by Gasteiger charge is 2.53. The van der Waals surface area contributed by atoms with Crippen LogP contribution in [0.5, 0.6) is 0 Å². The number of carbonyl (C=O) groups excluding carboxylic acids is 1. The molecule has 6 heteroatoms. The Kier molecular flexibility index (Phi) is 5.08. The van der Waals surface area contributed by atoms with E-state index in [2.05, 4.69) is 33.9 Å². The number of esters is 1. The van der Waals surface area contributed by atoms with E-state index in [0.717, 1.165) is 5.56 Å². The highest BCUT2D eigenvalue weighted by Crippen LogP contribution is 2.39. The number of hydrogen-bond acceptors (Lipinski definition) is 5. The smallest absolute Gasteiger partial charge is 0.326 e. The van der Waals surface area contributed by atoms with Gasteiger partial charge in [0.15, 0.2) is 8.32 Å². The van der Waals surface area contributed by atoms with E-state index in [4.69, 9.17) is 14.0 Å². The summed E-state index contributed by atoms with van der Waals surface area (Å²) >= 11 is 0.